The molecule has 13 heavy (non-hydrogen) atoms. The molecule has 0 bridgehead atoms. The maximum Gasteiger partial charge on any atom is 0.127 e. The molecule has 0 amide bonds. The molecule has 0 spiro atoms. The Morgan fingerprint density at radius 1 is 1.46 bits per heavy atom. The zero-order chi connectivity index (χ0) is 9.42. The number of nitrogens with two attached hydrogens (primary N) is 1. The number of hydrogen-bond donors (Lipinski definition) is 1. The van der Waals surface area contributed by atoms with E-state index in [1.807, 2.05) is 13.0 Å². The van der Waals surface area contributed by atoms with E-state index in [2.05, 4.69) is 0 Å². The monoisotopic (exact) mass is 179 g/mol. The molecule has 1 atom stereocenters. The fraction of sp³-hybridized carbons (Fsp3) is 0.455. The average molecular weight is 179 g/mol. The summed E-state index contributed by atoms with van der Waals surface area (Å²) in [4.78, 5) is 0. The zero-order valence-corrected chi connectivity index (χ0v) is 7.76. The van der Waals surface area contributed by atoms with Crippen LogP contribution in [0.2, 0.25) is 0 Å². The van der Waals surface area contributed by atoms with E-state index in [1.54, 1.807) is 6.07 Å². The fourth-order valence-corrected chi connectivity index (χ4v) is 1.63. The Labute approximate surface area is 77.8 Å². The molecule has 70 valence electrons. The predicted molar refractivity (Wildman–Crippen MR) is 50.8 cm³/mol. The van der Waals surface area contributed by atoms with E-state index in [-0.39, 0.29) is 11.9 Å². The lowest BCUT2D eigenvalue weighted by Crippen LogP contribution is -2.14. The lowest BCUT2D eigenvalue weighted by atomic mass is 10.0. The van der Waals surface area contributed by atoms with Crippen LogP contribution in [0.1, 0.15) is 30.0 Å². The summed E-state index contributed by atoms with van der Waals surface area (Å²) in [7, 11) is 0. The largest absolute Gasteiger partial charge is 0.324 e. The summed E-state index contributed by atoms with van der Waals surface area (Å²) in [6.45, 7) is 1.96. The summed E-state index contributed by atoms with van der Waals surface area (Å²) in [6.07, 6.45) is 2.29. The van der Waals surface area contributed by atoms with Crippen LogP contribution in [0.3, 0.4) is 0 Å². The predicted octanol–water partition coefficient (Wildman–Crippen LogP) is 2.54. The first-order valence-corrected chi connectivity index (χ1v) is 4.70. The quantitative estimate of drug-likeness (QED) is 0.741. The van der Waals surface area contributed by atoms with Gasteiger partial charge in [0.25, 0.3) is 0 Å². The van der Waals surface area contributed by atoms with Gasteiger partial charge in [-0.15, -0.1) is 0 Å². The lowest BCUT2D eigenvalue weighted by Gasteiger charge is -2.12. The van der Waals surface area contributed by atoms with Crippen LogP contribution in [-0.2, 0) is 0 Å². The van der Waals surface area contributed by atoms with Crippen LogP contribution in [-0.4, -0.2) is 0 Å². The third kappa shape index (κ3) is 1.73. The van der Waals surface area contributed by atoms with E-state index in [9.17, 15) is 4.39 Å². The highest BCUT2D eigenvalue weighted by atomic mass is 19.1. The summed E-state index contributed by atoms with van der Waals surface area (Å²) in [5, 5.41) is 0. The number of halogens is 1. The molecule has 1 aliphatic carbocycles. The standard InChI is InChI=1S/C11H14FN/c1-7-2-5-10(12)9(6-7)11(13)8-3-4-8/h2,5-6,8,11H,3-4,13H2,1H3/t11-/m1/s1. The topological polar surface area (TPSA) is 26.0 Å². The van der Waals surface area contributed by atoms with Gasteiger partial charge in [-0.3, -0.25) is 0 Å². The Balaban J connectivity index is 2.31. The molecular formula is C11H14FN. The molecule has 2 N–H and O–H groups in total. The second-order valence-electron chi connectivity index (χ2n) is 3.89. The van der Waals surface area contributed by atoms with Gasteiger partial charge in [-0.05, 0) is 31.7 Å². The van der Waals surface area contributed by atoms with Gasteiger partial charge in [-0.25, -0.2) is 4.39 Å². The van der Waals surface area contributed by atoms with Gasteiger partial charge < -0.3 is 5.73 Å². The highest BCUT2D eigenvalue weighted by Gasteiger charge is 2.30. The molecule has 0 saturated heterocycles. The second kappa shape index (κ2) is 3.11. The average Bonchev–Trinajstić information content (AvgIpc) is 2.91. The first-order valence-electron chi connectivity index (χ1n) is 4.70. The fourth-order valence-electron chi connectivity index (χ4n) is 1.63. The van der Waals surface area contributed by atoms with Crippen molar-refractivity contribution in [2.75, 3.05) is 0 Å². The third-order valence-corrected chi connectivity index (χ3v) is 2.64. The van der Waals surface area contributed by atoms with Gasteiger partial charge in [0.2, 0.25) is 0 Å². The van der Waals surface area contributed by atoms with Crippen molar-refractivity contribution in [1.29, 1.82) is 0 Å². The van der Waals surface area contributed by atoms with Gasteiger partial charge >= 0.3 is 0 Å². The molecule has 0 heterocycles. The molecule has 1 nitrogen and oxygen atoms in total. The summed E-state index contributed by atoms with van der Waals surface area (Å²) in [5.41, 5.74) is 7.69. The first-order chi connectivity index (χ1) is 6.18. The summed E-state index contributed by atoms with van der Waals surface area (Å²) in [5.74, 6) is 0.348. The van der Waals surface area contributed by atoms with Crippen LogP contribution < -0.4 is 5.73 Å². The minimum Gasteiger partial charge on any atom is -0.324 e. The SMILES string of the molecule is Cc1ccc(F)c([C@H](N)C2CC2)c1. The second-order valence-corrected chi connectivity index (χ2v) is 3.89. The molecule has 0 unspecified atom stereocenters. The van der Waals surface area contributed by atoms with E-state index < -0.39 is 0 Å². The van der Waals surface area contributed by atoms with E-state index in [0.717, 1.165) is 18.4 Å². The van der Waals surface area contributed by atoms with Crippen molar-refractivity contribution < 1.29 is 4.39 Å². The zero-order valence-electron chi connectivity index (χ0n) is 7.76. The molecule has 0 radical (unpaired) electrons. The van der Waals surface area contributed by atoms with Crippen molar-refractivity contribution in [1.82, 2.24) is 0 Å². The minimum atomic E-state index is -0.162. The number of rotatable bonds is 2. The molecule has 1 aromatic carbocycles. The first kappa shape index (κ1) is 8.70. The number of aryl methyl sites for hydroxylation is 1. The maximum absolute atomic E-state index is 13.3. The van der Waals surface area contributed by atoms with Gasteiger partial charge in [0.15, 0.2) is 0 Å². The maximum atomic E-state index is 13.3. The molecule has 0 aromatic heterocycles. The molecule has 1 saturated carbocycles. The van der Waals surface area contributed by atoms with Crippen LogP contribution >= 0.6 is 0 Å². The van der Waals surface area contributed by atoms with Gasteiger partial charge in [0, 0.05) is 11.6 Å². The number of hydrogen-bond acceptors (Lipinski definition) is 1. The van der Waals surface area contributed by atoms with E-state index in [0.29, 0.717) is 11.5 Å². The van der Waals surface area contributed by atoms with Gasteiger partial charge in [0.1, 0.15) is 5.82 Å². The van der Waals surface area contributed by atoms with E-state index in [1.165, 1.54) is 6.07 Å². The summed E-state index contributed by atoms with van der Waals surface area (Å²) >= 11 is 0. The Morgan fingerprint density at radius 3 is 2.77 bits per heavy atom. The lowest BCUT2D eigenvalue weighted by molar-refractivity contribution is 0.553. The smallest absolute Gasteiger partial charge is 0.127 e. The van der Waals surface area contributed by atoms with E-state index >= 15 is 0 Å². The van der Waals surface area contributed by atoms with Crippen molar-refractivity contribution in [3.63, 3.8) is 0 Å². The van der Waals surface area contributed by atoms with E-state index in [4.69, 9.17) is 5.73 Å². The molecule has 2 heteroatoms. The Bertz CT molecular complexity index is 318. The van der Waals surface area contributed by atoms with Crippen LogP contribution in [0.5, 0.6) is 0 Å². The van der Waals surface area contributed by atoms with Gasteiger partial charge in [-0.2, -0.15) is 0 Å². The third-order valence-electron chi connectivity index (χ3n) is 2.64. The highest BCUT2D eigenvalue weighted by molar-refractivity contribution is 5.27. The van der Waals surface area contributed by atoms with Crippen molar-refractivity contribution >= 4 is 0 Å². The van der Waals surface area contributed by atoms with Gasteiger partial charge in [-0.1, -0.05) is 17.7 Å². The highest BCUT2D eigenvalue weighted by Crippen LogP contribution is 2.40. The Morgan fingerprint density at radius 2 is 2.15 bits per heavy atom. The molecule has 1 aliphatic rings. The Hall–Kier alpha value is -0.890. The summed E-state index contributed by atoms with van der Waals surface area (Å²) in [6, 6.07) is 5.05. The van der Waals surface area contributed by atoms with Crippen LogP contribution in [0.4, 0.5) is 4.39 Å². The number of benzene rings is 1. The molecule has 2 rings (SSSR count). The molecule has 1 aromatic rings. The summed E-state index contributed by atoms with van der Waals surface area (Å²) < 4.78 is 13.3. The normalized spacial score (nSPS) is 18.7. The molecular weight excluding hydrogens is 165 g/mol. The van der Waals surface area contributed by atoms with Crippen LogP contribution in [0, 0.1) is 18.7 Å². The Kier molecular flexibility index (Phi) is 2.08. The van der Waals surface area contributed by atoms with Crippen LogP contribution in [0.25, 0.3) is 0 Å². The van der Waals surface area contributed by atoms with Crippen molar-refractivity contribution in [3.8, 4) is 0 Å². The van der Waals surface area contributed by atoms with Crippen LogP contribution in [0.15, 0.2) is 18.2 Å². The minimum absolute atomic E-state index is 0.0973. The van der Waals surface area contributed by atoms with Crippen molar-refractivity contribution in [2.45, 2.75) is 25.8 Å². The van der Waals surface area contributed by atoms with Gasteiger partial charge in [0.05, 0.1) is 0 Å². The van der Waals surface area contributed by atoms with Crippen molar-refractivity contribution in [3.05, 3.63) is 35.1 Å². The van der Waals surface area contributed by atoms with Crippen molar-refractivity contribution in [2.24, 2.45) is 11.7 Å². The molecule has 0 aliphatic heterocycles. The molecule has 1 fully saturated rings.